The van der Waals surface area contributed by atoms with E-state index >= 15 is 0 Å². The standard InChI is InChI=1S/C17H18N4O4S/c1-10-7-11(2)20-17(19-10)26-9-12-5-3-4-6-13(12)15(23)25-8-14(22)21-16(18)24/h3-7H,8-9H2,1-2H3,(H3,18,21,22,24). The first kappa shape index (κ1) is 19.4. The van der Waals surface area contributed by atoms with Crippen molar-refractivity contribution in [2.45, 2.75) is 24.8 Å². The maximum atomic E-state index is 12.2. The number of primary amides is 1. The fourth-order valence-corrected chi connectivity index (χ4v) is 3.08. The van der Waals surface area contributed by atoms with Gasteiger partial charge in [0, 0.05) is 17.1 Å². The summed E-state index contributed by atoms with van der Waals surface area (Å²) in [5, 5.41) is 2.44. The molecule has 1 aromatic carbocycles. The lowest BCUT2D eigenvalue weighted by Gasteiger charge is -2.09. The van der Waals surface area contributed by atoms with Crippen LogP contribution in [0.5, 0.6) is 0 Å². The Hall–Kier alpha value is -2.94. The van der Waals surface area contributed by atoms with E-state index < -0.39 is 24.5 Å². The summed E-state index contributed by atoms with van der Waals surface area (Å²) in [5.74, 6) is -0.995. The number of carbonyl (C=O) groups is 3. The number of aromatic nitrogens is 2. The molecule has 136 valence electrons. The SMILES string of the molecule is Cc1cc(C)nc(SCc2ccccc2C(=O)OCC(=O)NC(N)=O)n1. The molecule has 0 radical (unpaired) electrons. The molecule has 0 spiro atoms. The van der Waals surface area contributed by atoms with Gasteiger partial charge in [0.2, 0.25) is 0 Å². The highest BCUT2D eigenvalue weighted by Gasteiger charge is 2.15. The zero-order valence-electron chi connectivity index (χ0n) is 14.3. The first-order valence-electron chi connectivity index (χ1n) is 7.64. The van der Waals surface area contributed by atoms with Gasteiger partial charge in [0.25, 0.3) is 5.91 Å². The molecule has 0 saturated heterocycles. The Bertz CT molecular complexity index is 821. The van der Waals surface area contributed by atoms with E-state index in [-0.39, 0.29) is 0 Å². The number of nitrogens with two attached hydrogens (primary N) is 1. The molecule has 1 heterocycles. The van der Waals surface area contributed by atoms with Gasteiger partial charge in [-0.1, -0.05) is 30.0 Å². The van der Waals surface area contributed by atoms with Gasteiger partial charge in [-0.15, -0.1) is 0 Å². The predicted octanol–water partition coefficient (Wildman–Crippen LogP) is 1.74. The number of ether oxygens (including phenoxy) is 1. The molecule has 2 aromatic rings. The Labute approximate surface area is 154 Å². The molecule has 8 nitrogen and oxygen atoms in total. The highest BCUT2D eigenvalue weighted by Crippen LogP contribution is 2.22. The number of rotatable bonds is 6. The number of nitrogens with one attached hydrogen (secondary N) is 1. The van der Waals surface area contributed by atoms with Crippen LogP contribution < -0.4 is 11.1 Å². The Morgan fingerprint density at radius 2 is 1.81 bits per heavy atom. The van der Waals surface area contributed by atoms with Crippen LogP contribution in [0.15, 0.2) is 35.5 Å². The quantitative estimate of drug-likeness (QED) is 0.448. The molecule has 0 saturated carbocycles. The van der Waals surface area contributed by atoms with E-state index in [4.69, 9.17) is 10.5 Å². The fraction of sp³-hybridized carbons (Fsp3) is 0.235. The molecule has 1 aromatic heterocycles. The number of thioether (sulfide) groups is 1. The molecule has 2 rings (SSSR count). The lowest BCUT2D eigenvalue weighted by Crippen LogP contribution is -2.37. The minimum absolute atomic E-state index is 0.330. The van der Waals surface area contributed by atoms with Gasteiger partial charge in [-0.2, -0.15) is 0 Å². The average molecular weight is 374 g/mol. The zero-order valence-corrected chi connectivity index (χ0v) is 15.1. The van der Waals surface area contributed by atoms with E-state index in [1.54, 1.807) is 24.3 Å². The Balaban J connectivity index is 2.03. The topological polar surface area (TPSA) is 124 Å². The van der Waals surface area contributed by atoms with Gasteiger partial charge < -0.3 is 10.5 Å². The third-order valence-electron chi connectivity index (χ3n) is 3.15. The van der Waals surface area contributed by atoms with Crippen molar-refractivity contribution in [2.75, 3.05) is 6.61 Å². The average Bonchev–Trinajstić information content (AvgIpc) is 2.56. The minimum atomic E-state index is -1.00. The molecule has 0 atom stereocenters. The van der Waals surface area contributed by atoms with Crippen LogP contribution >= 0.6 is 11.8 Å². The number of benzene rings is 1. The normalized spacial score (nSPS) is 10.2. The van der Waals surface area contributed by atoms with Crippen LogP contribution in [0, 0.1) is 13.8 Å². The van der Waals surface area contributed by atoms with Gasteiger partial charge >= 0.3 is 12.0 Å². The van der Waals surface area contributed by atoms with Crippen molar-refractivity contribution < 1.29 is 19.1 Å². The second-order valence-corrected chi connectivity index (χ2v) is 6.31. The molecule has 3 amide bonds. The number of imide groups is 1. The number of nitrogens with zero attached hydrogens (tertiary/aromatic N) is 2. The second-order valence-electron chi connectivity index (χ2n) is 5.37. The van der Waals surface area contributed by atoms with Crippen LogP contribution in [0.1, 0.15) is 27.3 Å². The number of carbonyl (C=O) groups excluding carboxylic acids is 3. The number of aryl methyl sites for hydroxylation is 2. The monoisotopic (exact) mass is 374 g/mol. The lowest BCUT2D eigenvalue weighted by atomic mass is 10.1. The van der Waals surface area contributed by atoms with Gasteiger partial charge in [-0.25, -0.2) is 19.6 Å². The van der Waals surface area contributed by atoms with Crippen LogP contribution in [0.25, 0.3) is 0 Å². The fourth-order valence-electron chi connectivity index (χ4n) is 2.13. The molecule has 9 heteroatoms. The van der Waals surface area contributed by atoms with Crippen molar-refractivity contribution in [3.05, 3.63) is 52.8 Å². The lowest BCUT2D eigenvalue weighted by molar-refractivity contribution is -0.123. The molecular weight excluding hydrogens is 356 g/mol. The van der Waals surface area contributed by atoms with Gasteiger partial charge in [-0.05, 0) is 31.5 Å². The van der Waals surface area contributed by atoms with Crippen LogP contribution in [0.2, 0.25) is 0 Å². The molecule has 26 heavy (non-hydrogen) atoms. The van der Waals surface area contributed by atoms with Crippen LogP contribution in [0.4, 0.5) is 4.79 Å². The Morgan fingerprint density at radius 3 is 2.46 bits per heavy atom. The van der Waals surface area contributed by atoms with Crippen molar-refractivity contribution in [3.8, 4) is 0 Å². The van der Waals surface area contributed by atoms with Gasteiger partial charge in [0.15, 0.2) is 11.8 Å². The second kappa shape index (κ2) is 8.95. The molecule has 3 N–H and O–H groups in total. The molecule has 0 aliphatic carbocycles. The van der Waals surface area contributed by atoms with Gasteiger partial charge in [0.05, 0.1) is 5.56 Å². The summed E-state index contributed by atoms with van der Waals surface area (Å²) in [6, 6.07) is 7.77. The summed E-state index contributed by atoms with van der Waals surface area (Å²) >= 11 is 1.40. The highest BCUT2D eigenvalue weighted by atomic mass is 32.2. The van der Waals surface area contributed by atoms with Crippen molar-refractivity contribution in [2.24, 2.45) is 5.73 Å². The Kier molecular flexibility index (Phi) is 6.67. The number of hydrogen-bond donors (Lipinski definition) is 2. The summed E-state index contributed by atoms with van der Waals surface area (Å²) in [5.41, 5.74) is 7.61. The van der Waals surface area contributed by atoms with Gasteiger partial charge in [-0.3, -0.25) is 10.1 Å². The maximum Gasteiger partial charge on any atom is 0.338 e. The first-order chi connectivity index (χ1) is 12.3. The number of urea groups is 1. The van der Waals surface area contributed by atoms with Crippen LogP contribution in [-0.4, -0.2) is 34.5 Å². The third kappa shape index (κ3) is 5.85. The largest absolute Gasteiger partial charge is 0.452 e. The van der Waals surface area contributed by atoms with Crippen LogP contribution in [0.3, 0.4) is 0 Å². The third-order valence-corrected chi connectivity index (χ3v) is 4.05. The summed E-state index contributed by atoms with van der Waals surface area (Å²) in [6.45, 7) is 3.19. The van der Waals surface area contributed by atoms with E-state index in [1.807, 2.05) is 25.2 Å². The highest BCUT2D eigenvalue weighted by molar-refractivity contribution is 7.98. The molecule has 0 aliphatic rings. The Morgan fingerprint density at radius 1 is 1.15 bits per heavy atom. The van der Waals surface area contributed by atoms with E-state index in [9.17, 15) is 14.4 Å². The predicted molar refractivity (Wildman–Crippen MR) is 95.5 cm³/mol. The van der Waals surface area contributed by atoms with E-state index in [0.29, 0.717) is 16.5 Å². The first-order valence-corrected chi connectivity index (χ1v) is 8.63. The molecule has 0 unspecified atom stereocenters. The maximum absolute atomic E-state index is 12.2. The molecule has 0 fully saturated rings. The van der Waals surface area contributed by atoms with Crippen LogP contribution in [-0.2, 0) is 15.3 Å². The molecular formula is C17H18N4O4S. The van der Waals surface area contributed by atoms with Crippen molar-refractivity contribution in [3.63, 3.8) is 0 Å². The number of amides is 3. The number of esters is 1. The minimum Gasteiger partial charge on any atom is -0.452 e. The van der Waals surface area contributed by atoms with Gasteiger partial charge in [0.1, 0.15) is 0 Å². The van der Waals surface area contributed by atoms with E-state index in [2.05, 4.69) is 9.97 Å². The molecule has 0 aliphatic heterocycles. The van der Waals surface area contributed by atoms with Crippen molar-refractivity contribution in [1.82, 2.24) is 15.3 Å². The number of hydrogen-bond acceptors (Lipinski definition) is 7. The summed E-state index contributed by atoms with van der Waals surface area (Å²) < 4.78 is 4.92. The summed E-state index contributed by atoms with van der Waals surface area (Å²) in [7, 11) is 0. The van der Waals surface area contributed by atoms with Crippen molar-refractivity contribution >= 4 is 29.7 Å². The summed E-state index contributed by atoms with van der Waals surface area (Å²) in [6.07, 6.45) is 0. The smallest absolute Gasteiger partial charge is 0.338 e. The van der Waals surface area contributed by atoms with E-state index in [0.717, 1.165) is 17.0 Å². The zero-order chi connectivity index (χ0) is 19.1. The van der Waals surface area contributed by atoms with E-state index in [1.165, 1.54) is 11.8 Å². The van der Waals surface area contributed by atoms with Crippen molar-refractivity contribution in [1.29, 1.82) is 0 Å². The molecule has 0 bridgehead atoms. The summed E-state index contributed by atoms with van der Waals surface area (Å²) in [4.78, 5) is 42.8.